The minimum atomic E-state index is -0.418. The molecule has 0 heterocycles. The smallest absolute Gasteiger partial charge is 0.270 e. The van der Waals surface area contributed by atoms with Gasteiger partial charge in [-0.05, 0) is 31.5 Å². The Morgan fingerprint density at radius 1 is 1.56 bits per heavy atom. The minimum absolute atomic E-state index is 0.0555. The third-order valence-corrected chi connectivity index (χ3v) is 2.77. The molecular formula is C13H17ClN2O2. The van der Waals surface area contributed by atoms with Crippen molar-refractivity contribution in [3.8, 4) is 0 Å². The van der Waals surface area contributed by atoms with E-state index in [0.29, 0.717) is 10.6 Å². The lowest BCUT2D eigenvalue weighted by Crippen LogP contribution is -2.16. The average molecular weight is 269 g/mol. The highest BCUT2D eigenvalue weighted by Gasteiger charge is 2.08. The van der Waals surface area contributed by atoms with Gasteiger partial charge >= 0.3 is 0 Å². The van der Waals surface area contributed by atoms with E-state index in [9.17, 15) is 10.1 Å². The van der Waals surface area contributed by atoms with Crippen molar-refractivity contribution in [2.24, 2.45) is 0 Å². The number of non-ortho nitro benzene ring substituents is 1. The molecule has 1 aromatic carbocycles. The first-order valence-electron chi connectivity index (χ1n) is 5.86. The lowest BCUT2D eigenvalue weighted by molar-refractivity contribution is -0.384. The van der Waals surface area contributed by atoms with Crippen LogP contribution in [0.5, 0.6) is 0 Å². The summed E-state index contributed by atoms with van der Waals surface area (Å²) in [6, 6.07) is 4.45. The summed E-state index contributed by atoms with van der Waals surface area (Å²) in [5.41, 5.74) is 1.83. The molecule has 4 nitrogen and oxygen atoms in total. The summed E-state index contributed by atoms with van der Waals surface area (Å²) in [6.07, 6.45) is 2.95. The van der Waals surface area contributed by atoms with Crippen molar-refractivity contribution < 1.29 is 4.92 Å². The van der Waals surface area contributed by atoms with Crippen molar-refractivity contribution >= 4 is 23.4 Å². The van der Waals surface area contributed by atoms with Crippen LogP contribution in [0, 0.1) is 10.1 Å². The van der Waals surface area contributed by atoms with E-state index in [1.54, 1.807) is 6.07 Å². The lowest BCUT2D eigenvalue weighted by Gasteiger charge is -2.04. The van der Waals surface area contributed by atoms with E-state index in [1.807, 2.05) is 13.0 Å². The molecule has 1 rings (SSSR count). The molecule has 0 radical (unpaired) electrons. The Hall–Kier alpha value is -1.39. The zero-order chi connectivity index (χ0) is 13.5. The van der Waals surface area contributed by atoms with Crippen molar-refractivity contribution in [2.75, 3.05) is 13.1 Å². The van der Waals surface area contributed by atoms with Crippen molar-refractivity contribution in [3.05, 3.63) is 44.5 Å². The number of nitrogens with one attached hydrogen (secondary N) is 1. The third kappa shape index (κ3) is 4.47. The largest absolute Gasteiger partial charge is 0.313 e. The first kappa shape index (κ1) is 14.7. The predicted molar refractivity (Wildman–Crippen MR) is 74.9 cm³/mol. The van der Waals surface area contributed by atoms with E-state index in [0.717, 1.165) is 25.1 Å². The van der Waals surface area contributed by atoms with Crippen LogP contribution < -0.4 is 5.32 Å². The van der Waals surface area contributed by atoms with Gasteiger partial charge in [-0.1, -0.05) is 30.2 Å². The van der Waals surface area contributed by atoms with Gasteiger partial charge < -0.3 is 5.32 Å². The Kier molecular flexibility index (Phi) is 5.82. The van der Waals surface area contributed by atoms with E-state index in [1.165, 1.54) is 12.1 Å². The van der Waals surface area contributed by atoms with E-state index in [-0.39, 0.29) is 5.69 Å². The van der Waals surface area contributed by atoms with Gasteiger partial charge in [0.25, 0.3) is 5.69 Å². The number of nitro benzene ring substituents is 1. The van der Waals surface area contributed by atoms with Crippen LogP contribution in [0.1, 0.15) is 25.8 Å². The molecule has 98 valence electrons. The van der Waals surface area contributed by atoms with Crippen LogP contribution in [-0.4, -0.2) is 18.0 Å². The number of nitro groups is 1. The summed E-state index contributed by atoms with van der Waals surface area (Å²) in [4.78, 5) is 10.3. The molecule has 0 bridgehead atoms. The second-order valence-electron chi connectivity index (χ2n) is 4.13. The van der Waals surface area contributed by atoms with Crippen LogP contribution >= 0.6 is 11.6 Å². The highest BCUT2D eigenvalue weighted by molar-refractivity contribution is 6.32. The molecule has 1 N–H and O–H groups in total. The Morgan fingerprint density at radius 3 is 2.89 bits per heavy atom. The summed E-state index contributed by atoms with van der Waals surface area (Å²) in [6.45, 7) is 5.78. The zero-order valence-electron chi connectivity index (χ0n) is 10.6. The summed E-state index contributed by atoms with van der Waals surface area (Å²) in [5.74, 6) is 0. The summed E-state index contributed by atoms with van der Waals surface area (Å²) in [7, 11) is 0. The molecule has 0 unspecified atom stereocenters. The molecule has 0 fully saturated rings. The fourth-order valence-corrected chi connectivity index (χ4v) is 1.71. The van der Waals surface area contributed by atoms with Gasteiger partial charge in [0.1, 0.15) is 0 Å². The number of hydrogen-bond acceptors (Lipinski definition) is 3. The van der Waals surface area contributed by atoms with Gasteiger partial charge in [0.05, 0.1) is 4.92 Å². The van der Waals surface area contributed by atoms with Crippen LogP contribution in [0.4, 0.5) is 5.69 Å². The summed E-state index contributed by atoms with van der Waals surface area (Å²) in [5, 5.41) is 14.5. The minimum Gasteiger partial charge on any atom is -0.313 e. The number of halogens is 1. The van der Waals surface area contributed by atoms with E-state index in [2.05, 4.69) is 12.2 Å². The molecule has 1 aromatic rings. The Labute approximate surface area is 112 Å². The highest BCUT2D eigenvalue weighted by Crippen LogP contribution is 2.24. The van der Waals surface area contributed by atoms with E-state index in [4.69, 9.17) is 11.6 Å². The maximum absolute atomic E-state index is 10.7. The van der Waals surface area contributed by atoms with E-state index < -0.39 is 4.92 Å². The number of rotatable bonds is 6. The number of nitrogens with zero attached hydrogens (tertiary/aromatic N) is 1. The van der Waals surface area contributed by atoms with Crippen LogP contribution in [-0.2, 0) is 0 Å². The van der Waals surface area contributed by atoms with Gasteiger partial charge in [-0.3, -0.25) is 10.1 Å². The molecule has 0 spiro atoms. The maximum Gasteiger partial charge on any atom is 0.270 e. The summed E-state index contributed by atoms with van der Waals surface area (Å²) >= 11 is 6.02. The zero-order valence-corrected chi connectivity index (χ0v) is 11.3. The van der Waals surface area contributed by atoms with Gasteiger partial charge in [-0.2, -0.15) is 0 Å². The Morgan fingerprint density at radius 2 is 2.28 bits per heavy atom. The third-order valence-electron chi connectivity index (χ3n) is 2.42. The van der Waals surface area contributed by atoms with Crippen molar-refractivity contribution in [3.63, 3.8) is 0 Å². The first-order valence-corrected chi connectivity index (χ1v) is 6.24. The molecule has 0 aromatic heterocycles. The lowest BCUT2D eigenvalue weighted by atomic mass is 10.1. The fraction of sp³-hybridized carbons (Fsp3) is 0.385. The second kappa shape index (κ2) is 7.13. The normalized spacial score (nSPS) is 11.6. The summed E-state index contributed by atoms with van der Waals surface area (Å²) < 4.78 is 0. The van der Waals surface area contributed by atoms with Gasteiger partial charge in [0, 0.05) is 23.7 Å². The molecule has 0 amide bonds. The van der Waals surface area contributed by atoms with Crippen molar-refractivity contribution in [1.29, 1.82) is 0 Å². The molecule has 5 heteroatoms. The Balaban J connectivity index is 2.84. The monoisotopic (exact) mass is 268 g/mol. The van der Waals surface area contributed by atoms with E-state index >= 15 is 0 Å². The maximum atomic E-state index is 10.7. The predicted octanol–water partition coefficient (Wildman–Crippen LogP) is 3.65. The van der Waals surface area contributed by atoms with Crippen LogP contribution in [0.25, 0.3) is 6.08 Å². The quantitative estimate of drug-likeness (QED) is 0.487. The molecule has 0 aliphatic heterocycles. The van der Waals surface area contributed by atoms with Gasteiger partial charge in [-0.25, -0.2) is 0 Å². The fourth-order valence-electron chi connectivity index (χ4n) is 1.53. The number of hydrogen-bond donors (Lipinski definition) is 1. The van der Waals surface area contributed by atoms with Crippen molar-refractivity contribution in [2.45, 2.75) is 20.3 Å². The van der Waals surface area contributed by atoms with Crippen molar-refractivity contribution in [1.82, 2.24) is 5.32 Å². The van der Waals surface area contributed by atoms with Crippen LogP contribution in [0.15, 0.2) is 23.8 Å². The molecule has 0 saturated carbocycles. The molecule has 0 saturated heterocycles. The molecule has 0 aliphatic rings. The number of benzene rings is 1. The molecule has 0 aliphatic carbocycles. The van der Waals surface area contributed by atoms with Crippen LogP contribution in [0.2, 0.25) is 5.02 Å². The van der Waals surface area contributed by atoms with Gasteiger partial charge in [-0.15, -0.1) is 0 Å². The topological polar surface area (TPSA) is 55.2 Å². The highest BCUT2D eigenvalue weighted by atomic mass is 35.5. The molecular weight excluding hydrogens is 252 g/mol. The van der Waals surface area contributed by atoms with Gasteiger partial charge in [0.2, 0.25) is 0 Å². The van der Waals surface area contributed by atoms with Gasteiger partial charge in [0.15, 0.2) is 0 Å². The first-order chi connectivity index (χ1) is 8.54. The second-order valence-corrected chi connectivity index (χ2v) is 4.54. The average Bonchev–Trinajstić information content (AvgIpc) is 2.32. The SMILES string of the molecule is CCCNCC(C)=Cc1cc([N+](=O)[O-])ccc1Cl. The standard InChI is InChI=1S/C13H17ClN2O2/c1-3-6-15-9-10(2)7-11-8-12(16(17)18)4-5-13(11)14/h4-5,7-8,15H,3,6,9H2,1-2H3. The van der Waals surface area contributed by atoms with Crippen LogP contribution in [0.3, 0.4) is 0 Å². The Bertz CT molecular complexity index is 458. The molecule has 0 atom stereocenters. The molecule has 18 heavy (non-hydrogen) atoms.